The first kappa shape index (κ1) is 22.4. The van der Waals surface area contributed by atoms with E-state index in [-0.39, 0.29) is 11.8 Å². The number of fused-ring (bicyclic) bond motifs is 1. The van der Waals surface area contributed by atoms with E-state index in [9.17, 15) is 14.0 Å². The number of rotatable bonds is 4. The van der Waals surface area contributed by atoms with Gasteiger partial charge in [0.15, 0.2) is 0 Å². The van der Waals surface area contributed by atoms with Crippen LogP contribution >= 0.6 is 0 Å². The van der Waals surface area contributed by atoms with E-state index in [0.29, 0.717) is 37.6 Å². The number of nitrogens with one attached hydrogen (secondary N) is 2. The van der Waals surface area contributed by atoms with Crippen LogP contribution in [0.4, 0.5) is 25.4 Å². The van der Waals surface area contributed by atoms with Gasteiger partial charge in [0.25, 0.3) is 0 Å². The Bertz CT molecular complexity index is 972. The third-order valence-electron chi connectivity index (χ3n) is 4.63. The van der Waals surface area contributed by atoms with Crippen molar-refractivity contribution in [2.45, 2.75) is 46.3 Å². The lowest BCUT2D eigenvalue weighted by molar-refractivity contribution is 0.0224. The molecule has 7 nitrogen and oxygen atoms in total. The largest absolute Gasteiger partial charge is 0.494 e. The first-order valence-corrected chi connectivity index (χ1v) is 10.2. The maximum atomic E-state index is 14.0. The minimum atomic E-state index is -0.557. The molecule has 3 amide bonds. The summed E-state index contributed by atoms with van der Waals surface area (Å²) in [5.74, 6) is -0.0752. The molecule has 166 valence electrons. The van der Waals surface area contributed by atoms with Crippen molar-refractivity contribution < 1.29 is 23.5 Å². The standard InChI is InChI=1S/C23H28FN3O4/c1-5-30-18-8-9-19(24)20(13-18)26-21(28)25-17-7-6-16-14-27(11-10-15(16)12-17)22(29)31-23(2,3)4/h6-9,12-13H,5,10-11,14H2,1-4H3,(H2,25,26,28). The van der Waals surface area contributed by atoms with E-state index in [1.165, 1.54) is 18.2 Å². The number of nitrogens with zero attached hydrogens (tertiary/aromatic N) is 1. The van der Waals surface area contributed by atoms with Crippen molar-refractivity contribution in [2.75, 3.05) is 23.8 Å². The summed E-state index contributed by atoms with van der Waals surface area (Å²) in [7, 11) is 0. The summed E-state index contributed by atoms with van der Waals surface area (Å²) in [6.07, 6.45) is 0.313. The summed E-state index contributed by atoms with van der Waals surface area (Å²) in [5, 5.41) is 5.23. The fourth-order valence-corrected chi connectivity index (χ4v) is 3.25. The zero-order chi connectivity index (χ0) is 22.6. The molecule has 31 heavy (non-hydrogen) atoms. The van der Waals surface area contributed by atoms with E-state index in [1.54, 1.807) is 11.0 Å². The lowest BCUT2D eigenvalue weighted by Crippen LogP contribution is -2.39. The molecule has 1 heterocycles. The molecule has 0 saturated heterocycles. The first-order chi connectivity index (χ1) is 14.6. The third-order valence-corrected chi connectivity index (χ3v) is 4.63. The van der Waals surface area contributed by atoms with E-state index >= 15 is 0 Å². The molecule has 2 N–H and O–H groups in total. The van der Waals surface area contributed by atoms with Gasteiger partial charge in [-0.3, -0.25) is 0 Å². The number of hydrogen-bond acceptors (Lipinski definition) is 4. The Morgan fingerprint density at radius 2 is 1.87 bits per heavy atom. The van der Waals surface area contributed by atoms with Crippen LogP contribution in [0.5, 0.6) is 5.75 Å². The van der Waals surface area contributed by atoms with Gasteiger partial charge in [0.05, 0.1) is 12.3 Å². The van der Waals surface area contributed by atoms with Gasteiger partial charge >= 0.3 is 12.1 Å². The van der Waals surface area contributed by atoms with Crippen LogP contribution < -0.4 is 15.4 Å². The van der Waals surface area contributed by atoms with E-state index in [2.05, 4.69) is 10.6 Å². The highest BCUT2D eigenvalue weighted by Gasteiger charge is 2.25. The highest BCUT2D eigenvalue weighted by atomic mass is 19.1. The molecule has 8 heteroatoms. The second-order valence-electron chi connectivity index (χ2n) is 8.29. The molecule has 3 rings (SSSR count). The number of anilines is 2. The number of carbonyl (C=O) groups excluding carboxylic acids is 2. The molecule has 1 aliphatic rings. The van der Waals surface area contributed by atoms with Crippen LogP contribution in [-0.2, 0) is 17.7 Å². The monoisotopic (exact) mass is 429 g/mol. The molecule has 0 unspecified atom stereocenters. The summed E-state index contributed by atoms with van der Waals surface area (Å²) in [5.41, 5.74) is 2.12. The zero-order valence-corrected chi connectivity index (χ0v) is 18.3. The van der Waals surface area contributed by atoms with Gasteiger partial charge in [-0.25, -0.2) is 14.0 Å². The van der Waals surface area contributed by atoms with Gasteiger partial charge in [-0.2, -0.15) is 0 Å². The van der Waals surface area contributed by atoms with Gasteiger partial charge in [0, 0.05) is 24.8 Å². The van der Waals surface area contributed by atoms with Crippen LogP contribution in [0.2, 0.25) is 0 Å². The Labute approximate surface area is 181 Å². The van der Waals surface area contributed by atoms with Crippen molar-refractivity contribution in [1.29, 1.82) is 0 Å². The summed E-state index contributed by atoms with van der Waals surface area (Å²) < 4.78 is 24.8. The van der Waals surface area contributed by atoms with E-state index in [1.807, 2.05) is 39.8 Å². The molecule has 0 aliphatic carbocycles. The van der Waals surface area contributed by atoms with Crippen molar-refractivity contribution in [3.63, 3.8) is 0 Å². The molecule has 0 bridgehead atoms. The van der Waals surface area contributed by atoms with Gasteiger partial charge in [-0.05, 0) is 69.5 Å². The Morgan fingerprint density at radius 3 is 2.58 bits per heavy atom. The van der Waals surface area contributed by atoms with Crippen molar-refractivity contribution in [1.82, 2.24) is 4.90 Å². The Morgan fingerprint density at radius 1 is 1.10 bits per heavy atom. The summed E-state index contributed by atoms with van der Waals surface area (Å²) in [6.45, 7) is 8.77. The van der Waals surface area contributed by atoms with Gasteiger partial charge in [-0.1, -0.05) is 6.07 Å². The second-order valence-corrected chi connectivity index (χ2v) is 8.29. The van der Waals surface area contributed by atoms with Crippen LogP contribution in [0, 0.1) is 5.82 Å². The van der Waals surface area contributed by atoms with Crippen LogP contribution in [-0.4, -0.2) is 35.8 Å². The Balaban J connectivity index is 1.63. The SMILES string of the molecule is CCOc1ccc(F)c(NC(=O)Nc2ccc3c(c2)CCN(C(=O)OC(C)(C)C)C3)c1. The third kappa shape index (κ3) is 6.10. The highest BCUT2D eigenvalue weighted by Crippen LogP contribution is 2.25. The van der Waals surface area contributed by atoms with Gasteiger partial charge in [0.2, 0.25) is 0 Å². The minimum absolute atomic E-state index is 0.0365. The Kier molecular flexibility index (Phi) is 6.68. The van der Waals surface area contributed by atoms with E-state index < -0.39 is 17.4 Å². The molecule has 1 aliphatic heterocycles. The number of hydrogen-bond donors (Lipinski definition) is 2. The van der Waals surface area contributed by atoms with Crippen molar-refractivity contribution in [3.05, 3.63) is 53.3 Å². The van der Waals surface area contributed by atoms with Crippen LogP contribution in [0.1, 0.15) is 38.8 Å². The quantitative estimate of drug-likeness (QED) is 0.703. The first-order valence-electron chi connectivity index (χ1n) is 10.2. The van der Waals surface area contributed by atoms with Crippen LogP contribution in [0.3, 0.4) is 0 Å². The molecular weight excluding hydrogens is 401 g/mol. The van der Waals surface area contributed by atoms with Crippen LogP contribution in [0.25, 0.3) is 0 Å². The number of amides is 3. The number of halogens is 1. The lowest BCUT2D eigenvalue weighted by atomic mass is 9.99. The molecule has 0 radical (unpaired) electrons. The predicted octanol–water partition coefficient (Wildman–Crippen LogP) is 5.16. The molecule has 0 fully saturated rings. The molecular formula is C23H28FN3O4. The van der Waals surface area contributed by atoms with Crippen molar-refractivity contribution in [2.24, 2.45) is 0 Å². The molecule has 0 aromatic heterocycles. The predicted molar refractivity (Wildman–Crippen MR) is 117 cm³/mol. The average Bonchev–Trinajstić information content (AvgIpc) is 2.69. The van der Waals surface area contributed by atoms with Gasteiger partial charge < -0.3 is 25.0 Å². The molecule has 0 atom stereocenters. The average molecular weight is 429 g/mol. The van der Waals surface area contributed by atoms with Crippen LogP contribution in [0.15, 0.2) is 36.4 Å². The van der Waals surface area contributed by atoms with Gasteiger partial charge in [0.1, 0.15) is 17.2 Å². The van der Waals surface area contributed by atoms with E-state index in [4.69, 9.17) is 9.47 Å². The number of benzene rings is 2. The van der Waals surface area contributed by atoms with Crippen molar-refractivity contribution in [3.8, 4) is 5.75 Å². The van der Waals surface area contributed by atoms with E-state index in [0.717, 1.165) is 11.1 Å². The Hall–Kier alpha value is -3.29. The molecule has 0 saturated carbocycles. The smallest absolute Gasteiger partial charge is 0.410 e. The van der Waals surface area contributed by atoms with Crippen molar-refractivity contribution >= 4 is 23.5 Å². The van der Waals surface area contributed by atoms with Gasteiger partial charge in [-0.15, -0.1) is 0 Å². The number of ether oxygens (including phenoxy) is 2. The maximum absolute atomic E-state index is 14.0. The highest BCUT2D eigenvalue weighted by molar-refractivity contribution is 6.00. The summed E-state index contributed by atoms with van der Waals surface area (Å²) in [4.78, 5) is 26.3. The fraction of sp³-hybridized carbons (Fsp3) is 0.391. The molecule has 0 spiro atoms. The summed E-state index contributed by atoms with van der Waals surface area (Å²) >= 11 is 0. The minimum Gasteiger partial charge on any atom is -0.494 e. The lowest BCUT2D eigenvalue weighted by Gasteiger charge is -2.31. The normalized spacial score (nSPS) is 13.3. The summed E-state index contributed by atoms with van der Waals surface area (Å²) in [6, 6.07) is 9.13. The molecule has 2 aromatic carbocycles. The maximum Gasteiger partial charge on any atom is 0.410 e. The number of carbonyl (C=O) groups is 2. The number of urea groups is 1. The second kappa shape index (κ2) is 9.24. The fourth-order valence-electron chi connectivity index (χ4n) is 3.25. The molecule has 2 aromatic rings. The zero-order valence-electron chi connectivity index (χ0n) is 18.3. The topological polar surface area (TPSA) is 79.9 Å².